The predicted molar refractivity (Wildman–Crippen MR) is 106 cm³/mol. The normalized spacial score (nSPS) is 15.0. The van der Waals surface area contributed by atoms with Gasteiger partial charge in [0.25, 0.3) is 0 Å². The molecule has 1 heterocycles. The van der Waals surface area contributed by atoms with Crippen molar-refractivity contribution in [2.24, 2.45) is 5.92 Å². The van der Waals surface area contributed by atoms with E-state index in [2.05, 4.69) is 16.7 Å². The van der Waals surface area contributed by atoms with Gasteiger partial charge in [0, 0.05) is 17.1 Å². The molecule has 1 aliphatic rings. The number of halogens is 1. The molecular weight excluding hydrogens is 348 g/mol. The second-order valence-corrected chi connectivity index (χ2v) is 7.12. The number of ether oxygens (including phenoxy) is 2. The number of piperidine rings is 1. The number of hydrogen-bond donors (Lipinski definition) is 2. The van der Waals surface area contributed by atoms with E-state index in [0.29, 0.717) is 6.61 Å². The van der Waals surface area contributed by atoms with Crippen molar-refractivity contribution in [3.05, 3.63) is 58.6 Å². The molecule has 0 aromatic heterocycles. The van der Waals surface area contributed by atoms with Crippen LogP contribution in [0.25, 0.3) is 0 Å². The van der Waals surface area contributed by atoms with Crippen molar-refractivity contribution in [3.63, 3.8) is 0 Å². The van der Waals surface area contributed by atoms with Crippen molar-refractivity contribution in [1.82, 2.24) is 10.6 Å². The Labute approximate surface area is 160 Å². The van der Waals surface area contributed by atoms with Crippen LogP contribution in [0.2, 0.25) is 5.02 Å². The fourth-order valence-corrected chi connectivity index (χ4v) is 3.38. The maximum absolute atomic E-state index is 6.11. The zero-order valence-corrected chi connectivity index (χ0v) is 16.0. The lowest BCUT2D eigenvalue weighted by atomic mass is 9.98. The second-order valence-electron chi connectivity index (χ2n) is 6.69. The number of benzene rings is 2. The van der Waals surface area contributed by atoms with Crippen LogP contribution in [0.1, 0.15) is 24.0 Å². The minimum absolute atomic E-state index is 0.485. The van der Waals surface area contributed by atoms with Gasteiger partial charge in [0.05, 0.1) is 7.11 Å². The molecule has 5 heteroatoms. The summed E-state index contributed by atoms with van der Waals surface area (Å²) in [6, 6.07) is 13.8. The highest BCUT2D eigenvalue weighted by Crippen LogP contribution is 2.32. The molecule has 1 saturated heterocycles. The number of methoxy groups -OCH3 is 1. The van der Waals surface area contributed by atoms with E-state index in [1.807, 2.05) is 36.4 Å². The molecule has 0 unspecified atom stereocenters. The molecular formula is C21H27ClN2O2. The van der Waals surface area contributed by atoms with Crippen molar-refractivity contribution in [3.8, 4) is 11.5 Å². The first-order valence-corrected chi connectivity index (χ1v) is 9.58. The Hall–Kier alpha value is -1.75. The second kappa shape index (κ2) is 9.81. The summed E-state index contributed by atoms with van der Waals surface area (Å²) in [4.78, 5) is 0. The van der Waals surface area contributed by atoms with Crippen molar-refractivity contribution >= 4 is 11.6 Å². The Morgan fingerprint density at radius 3 is 2.62 bits per heavy atom. The molecule has 0 atom stereocenters. The molecule has 0 spiro atoms. The monoisotopic (exact) mass is 374 g/mol. The topological polar surface area (TPSA) is 42.5 Å². The van der Waals surface area contributed by atoms with Crippen LogP contribution in [0, 0.1) is 5.92 Å². The molecule has 0 bridgehead atoms. The lowest BCUT2D eigenvalue weighted by Crippen LogP contribution is -2.33. The van der Waals surface area contributed by atoms with Crippen LogP contribution in [-0.4, -0.2) is 26.7 Å². The van der Waals surface area contributed by atoms with Crippen LogP contribution in [0.15, 0.2) is 42.5 Å². The highest BCUT2D eigenvalue weighted by molar-refractivity contribution is 6.30. The van der Waals surface area contributed by atoms with Gasteiger partial charge in [-0.1, -0.05) is 35.9 Å². The Morgan fingerprint density at radius 2 is 1.88 bits per heavy atom. The van der Waals surface area contributed by atoms with E-state index in [1.165, 1.54) is 12.8 Å². The molecule has 2 N–H and O–H groups in total. The molecule has 3 rings (SSSR count). The highest BCUT2D eigenvalue weighted by Gasteiger charge is 2.14. The maximum Gasteiger partial charge on any atom is 0.166 e. The number of hydrogen-bond acceptors (Lipinski definition) is 4. The summed E-state index contributed by atoms with van der Waals surface area (Å²) in [5.41, 5.74) is 2.20. The summed E-state index contributed by atoms with van der Waals surface area (Å²) in [5, 5.41) is 7.73. The summed E-state index contributed by atoms with van der Waals surface area (Å²) in [5.74, 6) is 2.32. The van der Waals surface area contributed by atoms with Crippen LogP contribution in [0.5, 0.6) is 11.5 Å². The van der Waals surface area contributed by atoms with Gasteiger partial charge in [-0.05, 0) is 62.2 Å². The number of nitrogens with one attached hydrogen (secondary N) is 2. The van der Waals surface area contributed by atoms with Gasteiger partial charge >= 0.3 is 0 Å². The van der Waals surface area contributed by atoms with Gasteiger partial charge in [-0.15, -0.1) is 0 Å². The molecule has 1 aliphatic heterocycles. The Balaban J connectivity index is 1.62. The third-order valence-corrected chi connectivity index (χ3v) is 5.04. The first kappa shape index (κ1) is 19.0. The van der Waals surface area contributed by atoms with Crippen LogP contribution < -0.4 is 20.1 Å². The SMILES string of the molecule is COc1cccc(CNCC2CCNCC2)c1OCc1ccc(Cl)cc1. The molecule has 140 valence electrons. The van der Waals surface area contributed by atoms with Gasteiger partial charge in [0.2, 0.25) is 0 Å². The van der Waals surface area contributed by atoms with Gasteiger partial charge in [-0.2, -0.15) is 0 Å². The molecule has 1 fully saturated rings. The van der Waals surface area contributed by atoms with E-state index >= 15 is 0 Å². The summed E-state index contributed by atoms with van der Waals surface area (Å²) < 4.78 is 11.6. The molecule has 4 nitrogen and oxygen atoms in total. The third-order valence-electron chi connectivity index (χ3n) is 4.78. The van der Waals surface area contributed by atoms with Gasteiger partial charge in [-0.3, -0.25) is 0 Å². The first-order valence-electron chi connectivity index (χ1n) is 9.21. The van der Waals surface area contributed by atoms with Crippen LogP contribution in [0.3, 0.4) is 0 Å². The average molecular weight is 375 g/mol. The first-order chi connectivity index (χ1) is 12.8. The van der Waals surface area contributed by atoms with E-state index < -0.39 is 0 Å². The highest BCUT2D eigenvalue weighted by atomic mass is 35.5. The molecule has 26 heavy (non-hydrogen) atoms. The minimum atomic E-state index is 0.485. The molecule has 2 aromatic carbocycles. The molecule has 2 aromatic rings. The van der Waals surface area contributed by atoms with Crippen molar-refractivity contribution in [2.75, 3.05) is 26.7 Å². The van der Waals surface area contributed by atoms with Crippen molar-refractivity contribution in [1.29, 1.82) is 0 Å². The minimum Gasteiger partial charge on any atom is -0.493 e. The van der Waals surface area contributed by atoms with E-state index in [-0.39, 0.29) is 0 Å². The fraction of sp³-hybridized carbons (Fsp3) is 0.429. The maximum atomic E-state index is 6.11. The van der Waals surface area contributed by atoms with Gasteiger partial charge in [-0.25, -0.2) is 0 Å². The lowest BCUT2D eigenvalue weighted by molar-refractivity contribution is 0.280. The largest absolute Gasteiger partial charge is 0.493 e. The lowest BCUT2D eigenvalue weighted by Gasteiger charge is -2.23. The zero-order valence-electron chi connectivity index (χ0n) is 15.3. The summed E-state index contributed by atoms with van der Waals surface area (Å²) in [6.45, 7) is 4.55. The van der Waals surface area contributed by atoms with E-state index in [0.717, 1.165) is 59.7 Å². The standard InChI is InChI=1S/C21H27ClN2O2/c1-25-20-4-2-3-18(14-24-13-16-9-11-23-12-10-16)21(20)26-15-17-5-7-19(22)8-6-17/h2-8,16,23-24H,9-15H2,1H3. The van der Waals surface area contributed by atoms with E-state index in [4.69, 9.17) is 21.1 Å². The molecule has 0 amide bonds. The van der Waals surface area contributed by atoms with E-state index in [1.54, 1.807) is 7.11 Å². The zero-order chi connectivity index (χ0) is 18.2. The van der Waals surface area contributed by atoms with Crippen LogP contribution >= 0.6 is 11.6 Å². The smallest absolute Gasteiger partial charge is 0.166 e. The van der Waals surface area contributed by atoms with Gasteiger partial charge in [0.1, 0.15) is 6.61 Å². The van der Waals surface area contributed by atoms with Crippen molar-refractivity contribution < 1.29 is 9.47 Å². The Kier molecular flexibility index (Phi) is 7.18. The number of para-hydroxylation sites is 1. The van der Waals surface area contributed by atoms with Crippen LogP contribution in [-0.2, 0) is 13.2 Å². The van der Waals surface area contributed by atoms with Crippen LogP contribution in [0.4, 0.5) is 0 Å². The van der Waals surface area contributed by atoms with Crippen molar-refractivity contribution in [2.45, 2.75) is 26.0 Å². The average Bonchev–Trinajstić information content (AvgIpc) is 2.69. The Bertz CT molecular complexity index is 685. The van der Waals surface area contributed by atoms with Gasteiger partial charge in [0.15, 0.2) is 11.5 Å². The summed E-state index contributed by atoms with van der Waals surface area (Å²) in [6.07, 6.45) is 2.48. The van der Waals surface area contributed by atoms with E-state index in [9.17, 15) is 0 Å². The predicted octanol–water partition coefficient (Wildman–Crippen LogP) is 4.02. The van der Waals surface area contributed by atoms with Gasteiger partial charge < -0.3 is 20.1 Å². The summed E-state index contributed by atoms with van der Waals surface area (Å²) in [7, 11) is 1.68. The summed E-state index contributed by atoms with van der Waals surface area (Å²) >= 11 is 5.95. The molecule has 0 aliphatic carbocycles. The Morgan fingerprint density at radius 1 is 1.12 bits per heavy atom. The number of rotatable bonds is 8. The molecule has 0 saturated carbocycles. The third kappa shape index (κ3) is 5.37. The quantitative estimate of drug-likeness (QED) is 0.732. The fourth-order valence-electron chi connectivity index (χ4n) is 3.26. The molecule has 0 radical (unpaired) electrons.